The van der Waals surface area contributed by atoms with Crippen molar-refractivity contribution < 1.29 is 23.7 Å². The molecule has 1 amide bonds. The first-order chi connectivity index (χ1) is 13.9. The zero-order valence-electron chi connectivity index (χ0n) is 16.2. The molecule has 150 valence electrons. The summed E-state index contributed by atoms with van der Waals surface area (Å²) in [6.07, 6.45) is 1.51. The molecule has 0 saturated heterocycles. The van der Waals surface area contributed by atoms with E-state index in [4.69, 9.17) is 18.9 Å². The van der Waals surface area contributed by atoms with E-state index in [9.17, 15) is 10.1 Å². The Kier molecular flexibility index (Phi) is 6.29. The van der Waals surface area contributed by atoms with Crippen LogP contribution in [-0.2, 0) is 11.4 Å². The number of carbonyl (C=O) groups is 1. The van der Waals surface area contributed by atoms with Crippen LogP contribution in [0.3, 0.4) is 0 Å². The van der Waals surface area contributed by atoms with Crippen molar-refractivity contribution in [1.82, 2.24) is 4.90 Å². The molecule has 0 saturated carbocycles. The molecule has 0 N–H and O–H groups in total. The summed E-state index contributed by atoms with van der Waals surface area (Å²) in [7, 11) is 4.72. The van der Waals surface area contributed by atoms with Crippen LogP contribution in [0.1, 0.15) is 11.1 Å². The summed E-state index contributed by atoms with van der Waals surface area (Å²) < 4.78 is 22.7. The summed E-state index contributed by atoms with van der Waals surface area (Å²) in [6.45, 7) is 0.521. The fourth-order valence-corrected chi connectivity index (χ4v) is 3.10. The lowest BCUT2D eigenvalue weighted by atomic mass is 10.1. The normalized spacial score (nSPS) is 12.3. The zero-order valence-corrected chi connectivity index (χ0v) is 17.8. The molecule has 7 nitrogen and oxygen atoms in total. The zero-order chi connectivity index (χ0) is 21.0. The number of nitriles is 1. The number of halogens is 1. The Bertz CT molecular complexity index is 1010. The van der Waals surface area contributed by atoms with Gasteiger partial charge in [-0.2, -0.15) is 5.26 Å². The monoisotopic (exact) mass is 458 g/mol. The number of ether oxygens (including phenoxy) is 4. The highest BCUT2D eigenvalue weighted by Crippen LogP contribution is 2.36. The van der Waals surface area contributed by atoms with Crippen molar-refractivity contribution >= 4 is 27.9 Å². The van der Waals surface area contributed by atoms with Crippen LogP contribution in [0.4, 0.5) is 0 Å². The maximum Gasteiger partial charge on any atom is 0.264 e. The van der Waals surface area contributed by atoms with Crippen molar-refractivity contribution in [3.8, 4) is 29.1 Å². The Balaban J connectivity index is 1.83. The second-order valence-corrected chi connectivity index (χ2v) is 7.22. The number of likely N-dealkylation sites (N-methyl/N-ethyl adjacent to an activating group) is 1. The van der Waals surface area contributed by atoms with E-state index in [1.54, 1.807) is 26.2 Å². The first-order valence-corrected chi connectivity index (χ1v) is 9.44. The molecule has 0 aliphatic carbocycles. The first-order valence-electron chi connectivity index (χ1n) is 8.65. The summed E-state index contributed by atoms with van der Waals surface area (Å²) in [6, 6.07) is 11.0. The summed E-state index contributed by atoms with van der Waals surface area (Å²) in [5, 5.41) is 9.30. The molecule has 1 aliphatic heterocycles. The topological polar surface area (TPSA) is 81.0 Å². The molecule has 0 fully saturated rings. The number of carbonyl (C=O) groups excluding carboxylic acids is 1. The van der Waals surface area contributed by atoms with Gasteiger partial charge in [-0.15, -0.1) is 0 Å². The molecular formula is C21H19BrN2O5. The van der Waals surface area contributed by atoms with Gasteiger partial charge in [0.25, 0.3) is 5.91 Å². The van der Waals surface area contributed by atoms with Crippen LogP contribution in [0.5, 0.6) is 23.0 Å². The van der Waals surface area contributed by atoms with E-state index in [1.165, 1.54) is 18.1 Å². The Hall–Kier alpha value is -3.18. The number of amides is 1. The number of benzene rings is 2. The van der Waals surface area contributed by atoms with Gasteiger partial charge < -0.3 is 23.8 Å². The standard InChI is InChI=1S/C21H19BrN2O5/c1-24(2)21(25)15(10-23)7-14-8-18(26-3)20(9-16(14)22)27-11-13-4-5-17-19(6-13)29-12-28-17/h4-9H,11-12H2,1-3H3/b15-7-. The van der Waals surface area contributed by atoms with Gasteiger partial charge >= 0.3 is 0 Å². The minimum Gasteiger partial charge on any atom is -0.493 e. The van der Waals surface area contributed by atoms with E-state index in [-0.39, 0.29) is 18.3 Å². The molecule has 0 bridgehead atoms. The van der Waals surface area contributed by atoms with Crippen molar-refractivity contribution in [3.05, 3.63) is 51.5 Å². The quantitative estimate of drug-likeness (QED) is 0.484. The van der Waals surface area contributed by atoms with Gasteiger partial charge in [0.15, 0.2) is 23.0 Å². The smallest absolute Gasteiger partial charge is 0.264 e. The third-order valence-electron chi connectivity index (χ3n) is 4.17. The molecule has 0 unspecified atom stereocenters. The minimum absolute atomic E-state index is 0.0202. The summed E-state index contributed by atoms with van der Waals surface area (Å²) in [5.41, 5.74) is 1.57. The molecule has 29 heavy (non-hydrogen) atoms. The Labute approximate surface area is 177 Å². The average Bonchev–Trinajstić information content (AvgIpc) is 3.18. The van der Waals surface area contributed by atoms with E-state index < -0.39 is 0 Å². The van der Waals surface area contributed by atoms with Crippen LogP contribution in [0.2, 0.25) is 0 Å². The molecular weight excluding hydrogens is 440 g/mol. The fourth-order valence-electron chi connectivity index (χ4n) is 2.66. The Morgan fingerprint density at radius 1 is 1.24 bits per heavy atom. The highest BCUT2D eigenvalue weighted by Gasteiger charge is 2.16. The Morgan fingerprint density at radius 3 is 2.69 bits per heavy atom. The maximum atomic E-state index is 12.1. The van der Waals surface area contributed by atoms with Gasteiger partial charge in [0.05, 0.1) is 7.11 Å². The van der Waals surface area contributed by atoms with Crippen molar-refractivity contribution in [3.63, 3.8) is 0 Å². The predicted molar refractivity (Wildman–Crippen MR) is 110 cm³/mol. The average molecular weight is 459 g/mol. The van der Waals surface area contributed by atoms with Gasteiger partial charge in [-0.05, 0) is 41.5 Å². The van der Waals surface area contributed by atoms with E-state index in [2.05, 4.69) is 15.9 Å². The molecule has 0 spiro atoms. The van der Waals surface area contributed by atoms with Crippen LogP contribution >= 0.6 is 15.9 Å². The highest BCUT2D eigenvalue weighted by atomic mass is 79.9. The van der Waals surface area contributed by atoms with E-state index in [1.807, 2.05) is 24.3 Å². The summed E-state index contributed by atoms with van der Waals surface area (Å²) in [5.74, 6) is 2.03. The second-order valence-electron chi connectivity index (χ2n) is 6.37. The predicted octanol–water partition coefficient (Wildman–Crippen LogP) is 3.76. The molecule has 3 rings (SSSR count). The third-order valence-corrected chi connectivity index (χ3v) is 4.86. The first kappa shape index (κ1) is 20.6. The number of methoxy groups -OCH3 is 1. The van der Waals surface area contributed by atoms with Crippen molar-refractivity contribution in [2.24, 2.45) is 0 Å². The van der Waals surface area contributed by atoms with Crippen molar-refractivity contribution in [1.29, 1.82) is 5.26 Å². The molecule has 0 aromatic heterocycles. The largest absolute Gasteiger partial charge is 0.493 e. The van der Waals surface area contributed by atoms with Crippen molar-refractivity contribution in [2.45, 2.75) is 6.61 Å². The maximum absolute atomic E-state index is 12.1. The lowest BCUT2D eigenvalue weighted by molar-refractivity contribution is -0.124. The molecule has 2 aromatic rings. The molecule has 0 radical (unpaired) electrons. The number of hydrogen-bond donors (Lipinski definition) is 0. The molecule has 1 aliphatic rings. The fraction of sp³-hybridized carbons (Fsp3) is 0.238. The number of hydrogen-bond acceptors (Lipinski definition) is 6. The number of fused-ring (bicyclic) bond motifs is 1. The van der Waals surface area contributed by atoms with Crippen LogP contribution in [0.25, 0.3) is 6.08 Å². The molecule has 0 atom stereocenters. The van der Waals surface area contributed by atoms with Crippen LogP contribution in [-0.4, -0.2) is 38.8 Å². The van der Waals surface area contributed by atoms with Gasteiger partial charge in [0, 0.05) is 18.6 Å². The van der Waals surface area contributed by atoms with E-state index in [0.29, 0.717) is 39.6 Å². The lowest BCUT2D eigenvalue weighted by Crippen LogP contribution is -2.22. The lowest BCUT2D eigenvalue weighted by Gasteiger charge is -2.14. The van der Waals surface area contributed by atoms with Crippen LogP contribution in [0.15, 0.2) is 40.4 Å². The van der Waals surface area contributed by atoms with Gasteiger partial charge in [-0.25, -0.2) is 0 Å². The number of rotatable bonds is 6. The molecule has 1 heterocycles. The van der Waals surface area contributed by atoms with Gasteiger partial charge in [-0.3, -0.25) is 4.79 Å². The van der Waals surface area contributed by atoms with Crippen LogP contribution in [0, 0.1) is 11.3 Å². The van der Waals surface area contributed by atoms with Crippen LogP contribution < -0.4 is 18.9 Å². The van der Waals surface area contributed by atoms with E-state index in [0.717, 1.165) is 5.56 Å². The van der Waals surface area contributed by atoms with Crippen molar-refractivity contribution in [2.75, 3.05) is 28.0 Å². The third kappa shape index (κ3) is 4.63. The van der Waals surface area contributed by atoms with Gasteiger partial charge in [0.1, 0.15) is 18.2 Å². The second kappa shape index (κ2) is 8.88. The van der Waals surface area contributed by atoms with Gasteiger partial charge in [-0.1, -0.05) is 22.0 Å². The SMILES string of the molecule is COc1cc(/C=C(/C#N)C(=O)N(C)C)c(Br)cc1OCc1ccc2c(c1)OCO2. The highest BCUT2D eigenvalue weighted by molar-refractivity contribution is 9.10. The van der Waals surface area contributed by atoms with Gasteiger partial charge in [0.2, 0.25) is 6.79 Å². The molecule has 2 aromatic carbocycles. The number of nitrogens with zero attached hydrogens (tertiary/aromatic N) is 2. The minimum atomic E-state index is -0.374. The summed E-state index contributed by atoms with van der Waals surface area (Å²) in [4.78, 5) is 13.4. The summed E-state index contributed by atoms with van der Waals surface area (Å²) >= 11 is 3.47. The Morgan fingerprint density at radius 2 is 2.00 bits per heavy atom. The van der Waals surface area contributed by atoms with E-state index >= 15 is 0 Å². The molecule has 8 heteroatoms.